The molecule has 1 saturated heterocycles. The molecule has 0 aromatic heterocycles. The first-order valence-electron chi connectivity index (χ1n) is 5.45. The molecule has 1 heterocycles. The fourth-order valence-electron chi connectivity index (χ4n) is 1.74. The van der Waals surface area contributed by atoms with Gasteiger partial charge in [-0.1, -0.05) is 19.6 Å². The molecule has 1 N–H and O–H groups in total. The molecule has 6 nitrogen and oxygen atoms in total. The van der Waals surface area contributed by atoms with Crippen molar-refractivity contribution in [3.8, 4) is 0 Å². The van der Waals surface area contributed by atoms with E-state index in [9.17, 15) is 14.4 Å². The number of hydrogen-bond acceptors (Lipinski definition) is 4. The van der Waals surface area contributed by atoms with Crippen LogP contribution >= 0.6 is 0 Å². The lowest BCUT2D eigenvalue weighted by Gasteiger charge is -2.29. The number of nitrogens with zero attached hydrogens (tertiary/aromatic N) is 1. The number of rotatable bonds is 4. The van der Waals surface area contributed by atoms with Gasteiger partial charge < -0.3 is 9.84 Å². The Morgan fingerprint density at radius 3 is 2.18 bits per heavy atom. The second-order valence-corrected chi connectivity index (χ2v) is 10.8. The highest BCUT2D eigenvalue weighted by Gasteiger charge is 2.39. The smallest absolute Gasteiger partial charge is 0.450 e. The van der Waals surface area contributed by atoms with Crippen LogP contribution in [0.15, 0.2) is 0 Å². The number of likely N-dealkylation sites (tertiary alicyclic amines) is 1. The molecule has 0 spiro atoms. The highest BCUT2D eigenvalue weighted by atomic mass is 28.3. The number of carboxylic acid groups (broad SMARTS) is 1. The Balaban J connectivity index is 2.85. The van der Waals surface area contributed by atoms with Crippen LogP contribution in [0.5, 0.6) is 0 Å². The van der Waals surface area contributed by atoms with E-state index in [2.05, 4.69) is 4.74 Å². The van der Waals surface area contributed by atoms with Crippen LogP contribution in [0, 0.1) is 0 Å². The Kier molecular flexibility index (Phi) is 3.92. The van der Waals surface area contributed by atoms with Gasteiger partial charge in [-0.05, 0) is 6.04 Å². The monoisotopic (exact) mass is 259 g/mol. The van der Waals surface area contributed by atoms with E-state index in [1.807, 2.05) is 19.6 Å². The number of carbonyl (C=O) groups excluding carboxylic acids is 2. The van der Waals surface area contributed by atoms with E-state index in [-0.39, 0.29) is 24.7 Å². The fourth-order valence-corrected chi connectivity index (χ4v) is 3.05. The van der Waals surface area contributed by atoms with Gasteiger partial charge in [-0.25, -0.2) is 9.69 Å². The van der Waals surface area contributed by atoms with Crippen molar-refractivity contribution in [1.82, 2.24) is 4.90 Å². The zero-order chi connectivity index (χ0) is 13.2. The fraction of sp³-hybridized carbons (Fsp3) is 0.700. The van der Waals surface area contributed by atoms with Crippen LogP contribution in [-0.2, 0) is 14.3 Å². The minimum atomic E-state index is -1.65. The predicted octanol–water partition coefficient (Wildman–Crippen LogP) is 1.49. The SMILES string of the molecule is C[Si](C)(C)CC(OC(=O)O)N1C(=O)CCC1=O. The Hall–Kier alpha value is -1.37. The van der Waals surface area contributed by atoms with Gasteiger partial charge in [-0.15, -0.1) is 0 Å². The van der Waals surface area contributed by atoms with Crippen LogP contribution in [0.25, 0.3) is 0 Å². The second kappa shape index (κ2) is 4.87. The highest BCUT2D eigenvalue weighted by Crippen LogP contribution is 2.23. The Labute approximate surface area is 101 Å². The largest absolute Gasteiger partial charge is 0.507 e. The maximum absolute atomic E-state index is 11.5. The van der Waals surface area contributed by atoms with Crippen molar-refractivity contribution in [2.75, 3.05) is 0 Å². The summed E-state index contributed by atoms with van der Waals surface area (Å²) < 4.78 is 4.69. The number of amides is 2. The lowest BCUT2D eigenvalue weighted by Crippen LogP contribution is -2.45. The first-order chi connectivity index (χ1) is 7.70. The molecule has 2 amide bonds. The van der Waals surface area contributed by atoms with Gasteiger partial charge in [0.2, 0.25) is 11.8 Å². The zero-order valence-electron chi connectivity index (χ0n) is 10.2. The molecule has 96 valence electrons. The topological polar surface area (TPSA) is 83.9 Å². The van der Waals surface area contributed by atoms with E-state index >= 15 is 0 Å². The third-order valence-electron chi connectivity index (χ3n) is 2.40. The summed E-state index contributed by atoms with van der Waals surface area (Å²) in [4.78, 5) is 34.7. The predicted molar refractivity (Wildman–Crippen MR) is 62.1 cm³/mol. The summed E-state index contributed by atoms with van der Waals surface area (Å²) in [5.41, 5.74) is 0. The molecular formula is C10H17NO5Si. The zero-order valence-corrected chi connectivity index (χ0v) is 11.2. The molecule has 17 heavy (non-hydrogen) atoms. The van der Waals surface area contributed by atoms with Gasteiger partial charge in [-0.3, -0.25) is 9.59 Å². The van der Waals surface area contributed by atoms with Crippen molar-refractivity contribution >= 4 is 26.0 Å². The number of hydrogen-bond donors (Lipinski definition) is 1. The maximum Gasteiger partial charge on any atom is 0.507 e. The minimum Gasteiger partial charge on any atom is -0.450 e. The van der Waals surface area contributed by atoms with Crippen molar-refractivity contribution in [2.24, 2.45) is 0 Å². The summed E-state index contributed by atoms with van der Waals surface area (Å²) >= 11 is 0. The lowest BCUT2D eigenvalue weighted by molar-refractivity contribution is -0.149. The van der Waals surface area contributed by atoms with Gasteiger partial charge in [0.05, 0.1) is 8.07 Å². The average Bonchev–Trinajstić information content (AvgIpc) is 2.41. The van der Waals surface area contributed by atoms with Gasteiger partial charge in [0, 0.05) is 12.8 Å². The summed E-state index contributed by atoms with van der Waals surface area (Å²) in [6.45, 7) is 6.07. The summed E-state index contributed by atoms with van der Waals surface area (Å²) in [5, 5.41) is 8.66. The van der Waals surface area contributed by atoms with Gasteiger partial charge in [0.25, 0.3) is 0 Å². The highest BCUT2D eigenvalue weighted by molar-refractivity contribution is 6.76. The van der Waals surface area contributed by atoms with Crippen LogP contribution in [-0.4, -0.2) is 42.3 Å². The van der Waals surface area contributed by atoms with Crippen LogP contribution in [0.4, 0.5) is 4.79 Å². The molecule has 0 aromatic rings. The van der Waals surface area contributed by atoms with Crippen LogP contribution in [0.1, 0.15) is 12.8 Å². The quantitative estimate of drug-likeness (QED) is 0.470. The van der Waals surface area contributed by atoms with Crippen LogP contribution in [0.2, 0.25) is 25.7 Å². The molecule has 1 aliphatic heterocycles. The van der Waals surface area contributed by atoms with E-state index in [1.165, 1.54) is 0 Å². The van der Waals surface area contributed by atoms with Crippen molar-refractivity contribution in [3.05, 3.63) is 0 Å². The Bertz CT molecular complexity index is 333. The number of imide groups is 1. The molecule has 0 bridgehead atoms. The summed E-state index contributed by atoms with van der Waals surface area (Å²) in [7, 11) is -1.65. The first kappa shape index (κ1) is 13.7. The van der Waals surface area contributed by atoms with Crippen molar-refractivity contribution in [1.29, 1.82) is 0 Å². The summed E-state index contributed by atoms with van der Waals surface area (Å²) in [6, 6.07) is 0.427. The van der Waals surface area contributed by atoms with E-state index in [1.54, 1.807) is 0 Å². The standard InChI is InChI=1S/C10H17NO5Si/c1-17(2,3)6-9(16-10(14)15)11-7(12)4-5-8(11)13/h9H,4-6H2,1-3H3,(H,14,15). The van der Waals surface area contributed by atoms with E-state index in [4.69, 9.17) is 5.11 Å². The minimum absolute atomic E-state index is 0.143. The molecule has 1 fully saturated rings. The molecule has 1 rings (SSSR count). The first-order valence-corrected chi connectivity index (χ1v) is 9.16. The third-order valence-corrected chi connectivity index (χ3v) is 3.98. The molecule has 1 atom stereocenters. The third kappa shape index (κ3) is 3.85. The van der Waals surface area contributed by atoms with Crippen molar-refractivity contribution in [3.63, 3.8) is 0 Å². The van der Waals surface area contributed by atoms with E-state index < -0.39 is 20.5 Å². The lowest BCUT2D eigenvalue weighted by atomic mass is 10.4. The van der Waals surface area contributed by atoms with Crippen molar-refractivity contribution < 1.29 is 24.2 Å². The molecule has 0 aromatic carbocycles. The number of carbonyl (C=O) groups is 3. The average molecular weight is 259 g/mol. The Morgan fingerprint density at radius 2 is 1.82 bits per heavy atom. The molecule has 0 aliphatic carbocycles. The van der Waals surface area contributed by atoms with Gasteiger partial charge in [0.1, 0.15) is 0 Å². The second-order valence-electron chi connectivity index (χ2n) is 5.26. The molecular weight excluding hydrogens is 242 g/mol. The Morgan fingerprint density at radius 1 is 1.35 bits per heavy atom. The van der Waals surface area contributed by atoms with Gasteiger partial charge in [0.15, 0.2) is 6.23 Å². The van der Waals surface area contributed by atoms with Crippen LogP contribution < -0.4 is 0 Å². The molecule has 0 saturated carbocycles. The molecule has 7 heteroatoms. The van der Waals surface area contributed by atoms with E-state index in [0.29, 0.717) is 6.04 Å². The van der Waals surface area contributed by atoms with Gasteiger partial charge in [-0.2, -0.15) is 0 Å². The molecule has 0 radical (unpaired) electrons. The molecule has 1 unspecified atom stereocenters. The van der Waals surface area contributed by atoms with Crippen molar-refractivity contribution in [2.45, 2.75) is 44.8 Å². The van der Waals surface area contributed by atoms with E-state index in [0.717, 1.165) is 4.90 Å². The van der Waals surface area contributed by atoms with Crippen LogP contribution in [0.3, 0.4) is 0 Å². The normalized spacial score (nSPS) is 18.4. The molecule has 1 aliphatic rings. The maximum atomic E-state index is 11.5. The number of ether oxygens (including phenoxy) is 1. The van der Waals surface area contributed by atoms with Gasteiger partial charge >= 0.3 is 6.16 Å². The summed E-state index contributed by atoms with van der Waals surface area (Å²) in [6.07, 6.45) is -2.13. The summed E-state index contributed by atoms with van der Waals surface area (Å²) in [5.74, 6) is -0.695.